The van der Waals surface area contributed by atoms with Crippen molar-refractivity contribution in [2.24, 2.45) is 0 Å². The maximum atomic E-state index is 11.1. The molecule has 0 bridgehead atoms. The van der Waals surface area contributed by atoms with E-state index in [0.717, 1.165) is 0 Å². The number of hydrogen-bond donors (Lipinski definition) is 0. The lowest BCUT2D eigenvalue weighted by molar-refractivity contribution is 0.229. The Bertz CT molecular complexity index is 468. The molecule has 0 aliphatic carbocycles. The van der Waals surface area contributed by atoms with Gasteiger partial charge in [0.15, 0.2) is 11.5 Å². The Morgan fingerprint density at radius 3 is 2.31 bits per heavy atom. The van der Waals surface area contributed by atoms with Crippen LogP contribution in [0.25, 0.3) is 0 Å². The molecule has 90 valence electrons. The lowest BCUT2D eigenvalue weighted by Gasteiger charge is -2.13. The number of hydrogen-bond acceptors (Lipinski definition) is 4. The molecule has 0 spiro atoms. The molecule has 1 aromatic carbocycles. The van der Waals surface area contributed by atoms with Crippen LogP contribution < -0.4 is 9.47 Å². The minimum atomic E-state index is -3.75. The van der Waals surface area contributed by atoms with Crippen LogP contribution in [0.15, 0.2) is 23.1 Å². The van der Waals surface area contributed by atoms with Crippen molar-refractivity contribution in [3.8, 4) is 11.5 Å². The Labute approximate surface area is 99.6 Å². The molecule has 0 aromatic heterocycles. The van der Waals surface area contributed by atoms with Crippen molar-refractivity contribution in [3.63, 3.8) is 0 Å². The molecule has 0 aliphatic heterocycles. The van der Waals surface area contributed by atoms with Crippen LogP contribution in [0.5, 0.6) is 11.5 Å². The summed E-state index contributed by atoms with van der Waals surface area (Å²) in [6, 6.07) is 4.22. The van der Waals surface area contributed by atoms with Gasteiger partial charge < -0.3 is 9.47 Å². The molecule has 0 radical (unpaired) electrons. The predicted molar refractivity (Wildman–Crippen MR) is 61.8 cm³/mol. The summed E-state index contributed by atoms with van der Waals surface area (Å²) in [6.07, 6.45) is -0.0813. The summed E-state index contributed by atoms with van der Waals surface area (Å²) in [4.78, 5) is -0.00869. The third-order valence-electron chi connectivity index (χ3n) is 1.78. The van der Waals surface area contributed by atoms with E-state index in [2.05, 4.69) is 0 Å². The maximum absolute atomic E-state index is 11.1. The van der Waals surface area contributed by atoms with E-state index in [9.17, 15) is 8.42 Å². The summed E-state index contributed by atoms with van der Waals surface area (Å²) < 4.78 is 32.8. The molecule has 0 heterocycles. The zero-order valence-corrected chi connectivity index (χ0v) is 10.8. The van der Waals surface area contributed by atoms with Gasteiger partial charge in [0.25, 0.3) is 9.05 Å². The van der Waals surface area contributed by atoms with E-state index in [1.807, 2.05) is 13.8 Å². The van der Waals surface area contributed by atoms with Crippen LogP contribution in [0.2, 0.25) is 0 Å². The number of halogens is 1. The van der Waals surface area contributed by atoms with E-state index >= 15 is 0 Å². The van der Waals surface area contributed by atoms with E-state index < -0.39 is 9.05 Å². The molecule has 16 heavy (non-hydrogen) atoms. The molecule has 0 unspecified atom stereocenters. The average molecular weight is 265 g/mol. The maximum Gasteiger partial charge on any atom is 0.261 e. The van der Waals surface area contributed by atoms with E-state index in [4.69, 9.17) is 20.2 Å². The van der Waals surface area contributed by atoms with Crippen molar-refractivity contribution in [1.29, 1.82) is 0 Å². The minimum absolute atomic E-state index is 0.00869. The lowest BCUT2D eigenvalue weighted by atomic mass is 10.3. The van der Waals surface area contributed by atoms with Crippen LogP contribution in [0.1, 0.15) is 13.8 Å². The molecule has 0 aliphatic rings. The quantitative estimate of drug-likeness (QED) is 0.784. The summed E-state index contributed by atoms with van der Waals surface area (Å²) in [7, 11) is 2.97. The van der Waals surface area contributed by atoms with Gasteiger partial charge in [-0.3, -0.25) is 0 Å². The molecule has 1 rings (SSSR count). The summed E-state index contributed by atoms with van der Waals surface area (Å²) in [5.41, 5.74) is 0. The van der Waals surface area contributed by atoms with Crippen molar-refractivity contribution in [3.05, 3.63) is 18.2 Å². The second-order valence-corrected chi connectivity index (χ2v) is 5.98. The molecule has 0 fully saturated rings. The Hall–Kier alpha value is -0.940. The molecule has 6 heteroatoms. The predicted octanol–water partition coefficient (Wildman–Crippen LogP) is 2.41. The van der Waals surface area contributed by atoms with E-state index in [0.29, 0.717) is 11.5 Å². The third-order valence-corrected chi connectivity index (χ3v) is 3.13. The van der Waals surface area contributed by atoms with Crippen LogP contribution in [0.3, 0.4) is 0 Å². The summed E-state index contributed by atoms with van der Waals surface area (Å²) in [5.74, 6) is 0.831. The van der Waals surface area contributed by atoms with Gasteiger partial charge >= 0.3 is 0 Å². The van der Waals surface area contributed by atoms with Crippen LogP contribution in [-0.2, 0) is 9.05 Å². The Balaban J connectivity index is 3.21. The zero-order valence-electron chi connectivity index (χ0n) is 9.23. The van der Waals surface area contributed by atoms with Gasteiger partial charge in [-0.2, -0.15) is 0 Å². The largest absolute Gasteiger partial charge is 0.493 e. The first-order chi connectivity index (χ1) is 7.34. The van der Waals surface area contributed by atoms with Crippen molar-refractivity contribution in [1.82, 2.24) is 0 Å². The van der Waals surface area contributed by atoms with Crippen LogP contribution in [0, 0.1) is 0 Å². The van der Waals surface area contributed by atoms with Gasteiger partial charge in [-0.15, -0.1) is 0 Å². The summed E-state index contributed by atoms with van der Waals surface area (Å²) in [6.45, 7) is 3.67. The highest BCUT2D eigenvalue weighted by Crippen LogP contribution is 2.31. The highest BCUT2D eigenvalue weighted by molar-refractivity contribution is 8.13. The smallest absolute Gasteiger partial charge is 0.261 e. The fourth-order valence-corrected chi connectivity index (χ4v) is 1.92. The molecular weight excluding hydrogens is 252 g/mol. The molecule has 0 saturated carbocycles. The fraction of sp³-hybridized carbons (Fsp3) is 0.400. The average Bonchev–Trinajstić information content (AvgIpc) is 2.15. The highest BCUT2D eigenvalue weighted by Gasteiger charge is 2.14. The first kappa shape index (κ1) is 13.1. The minimum Gasteiger partial charge on any atom is -0.493 e. The molecule has 1 aromatic rings. The van der Waals surface area contributed by atoms with E-state index in [-0.39, 0.29) is 11.0 Å². The van der Waals surface area contributed by atoms with Crippen LogP contribution in [-0.4, -0.2) is 21.6 Å². The van der Waals surface area contributed by atoms with Gasteiger partial charge in [0.05, 0.1) is 18.1 Å². The second-order valence-electron chi connectivity index (χ2n) is 3.42. The monoisotopic (exact) mass is 264 g/mol. The van der Waals surface area contributed by atoms with Crippen molar-refractivity contribution in [2.75, 3.05) is 7.11 Å². The number of ether oxygens (including phenoxy) is 2. The molecule has 0 atom stereocenters. The number of methoxy groups -OCH3 is 1. The number of rotatable bonds is 4. The normalized spacial score (nSPS) is 11.6. The van der Waals surface area contributed by atoms with Gasteiger partial charge in [0, 0.05) is 16.7 Å². The lowest BCUT2D eigenvalue weighted by Crippen LogP contribution is -2.07. The standard InChI is InChI=1S/C10H13ClO4S/c1-7(2)15-10-6-8(16(11,12)13)4-5-9(10)14-3/h4-7H,1-3H3. The Kier molecular flexibility index (Phi) is 4.04. The molecule has 0 amide bonds. The van der Waals surface area contributed by atoms with Gasteiger partial charge in [-0.05, 0) is 26.0 Å². The fourth-order valence-electron chi connectivity index (χ4n) is 1.15. The second kappa shape index (κ2) is 4.93. The molecule has 0 N–H and O–H groups in total. The summed E-state index contributed by atoms with van der Waals surface area (Å²) >= 11 is 0. The van der Waals surface area contributed by atoms with Gasteiger partial charge in [0.2, 0.25) is 0 Å². The molecule has 4 nitrogen and oxygen atoms in total. The van der Waals surface area contributed by atoms with Gasteiger partial charge in [-0.1, -0.05) is 0 Å². The SMILES string of the molecule is COc1ccc(S(=O)(=O)Cl)cc1OC(C)C. The Morgan fingerprint density at radius 1 is 1.25 bits per heavy atom. The third kappa shape index (κ3) is 3.28. The highest BCUT2D eigenvalue weighted by atomic mass is 35.7. The number of benzene rings is 1. The van der Waals surface area contributed by atoms with Crippen molar-refractivity contribution >= 4 is 19.7 Å². The van der Waals surface area contributed by atoms with Crippen LogP contribution >= 0.6 is 10.7 Å². The topological polar surface area (TPSA) is 52.6 Å². The molecule has 0 saturated heterocycles. The van der Waals surface area contributed by atoms with E-state index in [1.165, 1.54) is 25.3 Å². The Morgan fingerprint density at radius 2 is 1.88 bits per heavy atom. The van der Waals surface area contributed by atoms with Crippen molar-refractivity contribution in [2.45, 2.75) is 24.8 Å². The summed E-state index contributed by atoms with van der Waals surface area (Å²) in [5, 5.41) is 0. The zero-order chi connectivity index (χ0) is 12.3. The van der Waals surface area contributed by atoms with Crippen LogP contribution in [0.4, 0.5) is 0 Å². The molecular formula is C10H13ClO4S. The van der Waals surface area contributed by atoms with Gasteiger partial charge in [0.1, 0.15) is 0 Å². The first-order valence-electron chi connectivity index (χ1n) is 4.64. The first-order valence-corrected chi connectivity index (χ1v) is 6.95. The van der Waals surface area contributed by atoms with E-state index in [1.54, 1.807) is 0 Å². The van der Waals surface area contributed by atoms with Gasteiger partial charge in [-0.25, -0.2) is 8.42 Å². The van der Waals surface area contributed by atoms with Crippen molar-refractivity contribution < 1.29 is 17.9 Å².